The lowest BCUT2D eigenvalue weighted by Crippen LogP contribution is -2.35. The Morgan fingerprint density at radius 3 is 2.92 bits per heavy atom. The number of anilines is 1. The van der Waals surface area contributed by atoms with E-state index >= 15 is 0 Å². The van der Waals surface area contributed by atoms with Crippen molar-refractivity contribution in [3.05, 3.63) is 54.1 Å². The second-order valence-corrected chi connectivity index (χ2v) is 7.09. The minimum absolute atomic E-state index is 0.504. The van der Waals surface area contributed by atoms with Gasteiger partial charge in [-0.3, -0.25) is 4.90 Å². The molecule has 1 aliphatic rings. The Balaban J connectivity index is 1.47. The van der Waals surface area contributed by atoms with Crippen LogP contribution in [0.25, 0.3) is 10.9 Å². The van der Waals surface area contributed by atoms with Crippen LogP contribution in [0.1, 0.15) is 17.7 Å². The predicted octanol–water partition coefficient (Wildman–Crippen LogP) is 2.99. The average Bonchev–Trinajstić information content (AvgIpc) is 3.20. The molecule has 1 fully saturated rings. The summed E-state index contributed by atoms with van der Waals surface area (Å²) in [4.78, 5) is 13.5. The Labute approximate surface area is 148 Å². The van der Waals surface area contributed by atoms with Crippen molar-refractivity contribution in [1.29, 1.82) is 0 Å². The highest BCUT2D eigenvalue weighted by Crippen LogP contribution is 2.25. The monoisotopic (exact) mass is 335 g/mol. The first kappa shape index (κ1) is 16.1. The van der Waals surface area contributed by atoms with E-state index in [-0.39, 0.29) is 0 Å². The first-order valence-electron chi connectivity index (χ1n) is 8.88. The molecular formula is C20H25N5. The first-order valence-corrected chi connectivity index (χ1v) is 8.88. The molecule has 5 heteroatoms. The molecule has 0 spiro atoms. The molecule has 1 atom stereocenters. The van der Waals surface area contributed by atoms with E-state index in [9.17, 15) is 0 Å². The van der Waals surface area contributed by atoms with Crippen LogP contribution in [0.2, 0.25) is 0 Å². The molecule has 1 aromatic carbocycles. The van der Waals surface area contributed by atoms with Gasteiger partial charge in [0.2, 0.25) is 0 Å². The van der Waals surface area contributed by atoms with Crippen LogP contribution in [0.15, 0.2) is 42.9 Å². The van der Waals surface area contributed by atoms with E-state index in [0.717, 1.165) is 31.1 Å². The molecule has 3 heterocycles. The van der Waals surface area contributed by atoms with Gasteiger partial charge in [0.15, 0.2) is 0 Å². The normalized spacial score (nSPS) is 18.1. The zero-order valence-electron chi connectivity index (χ0n) is 15.2. The maximum Gasteiger partial charge on any atom is 0.132 e. The summed E-state index contributed by atoms with van der Waals surface area (Å²) in [6.07, 6.45) is 5.10. The highest BCUT2D eigenvalue weighted by atomic mass is 15.3. The molecule has 1 saturated heterocycles. The van der Waals surface area contributed by atoms with Crippen molar-refractivity contribution in [1.82, 2.24) is 19.4 Å². The third kappa shape index (κ3) is 3.12. The Kier molecular flexibility index (Phi) is 4.17. The summed E-state index contributed by atoms with van der Waals surface area (Å²) >= 11 is 0. The molecule has 0 aliphatic carbocycles. The van der Waals surface area contributed by atoms with Gasteiger partial charge in [0, 0.05) is 68.6 Å². The smallest absolute Gasteiger partial charge is 0.132 e. The SMILES string of the molecule is Cc1cc(N(C)C2CCN(Cc3cn(C)c4ccccc34)C2)ncn1. The van der Waals surface area contributed by atoms with Crippen molar-refractivity contribution in [3.63, 3.8) is 0 Å². The van der Waals surface area contributed by atoms with Crippen molar-refractivity contribution >= 4 is 16.7 Å². The van der Waals surface area contributed by atoms with Crippen LogP contribution >= 0.6 is 0 Å². The molecule has 3 aromatic rings. The van der Waals surface area contributed by atoms with Gasteiger partial charge in [-0.25, -0.2) is 9.97 Å². The van der Waals surface area contributed by atoms with Crippen LogP contribution in [-0.2, 0) is 13.6 Å². The Hall–Kier alpha value is -2.40. The van der Waals surface area contributed by atoms with Crippen LogP contribution in [0.3, 0.4) is 0 Å². The van der Waals surface area contributed by atoms with Crippen molar-refractivity contribution in [3.8, 4) is 0 Å². The van der Waals surface area contributed by atoms with Crippen molar-refractivity contribution in [2.75, 3.05) is 25.0 Å². The zero-order valence-corrected chi connectivity index (χ0v) is 15.2. The molecule has 0 N–H and O–H groups in total. The molecule has 0 saturated carbocycles. The van der Waals surface area contributed by atoms with Gasteiger partial charge in [-0.2, -0.15) is 0 Å². The van der Waals surface area contributed by atoms with Gasteiger partial charge < -0.3 is 9.47 Å². The molecule has 0 radical (unpaired) electrons. The van der Waals surface area contributed by atoms with Gasteiger partial charge in [0.1, 0.15) is 12.1 Å². The van der Waals surface area contributed by atoms with Crippen molar-refractivity contribution in [2.24, 2.45) is 7.05 Å². The van der Waals surface area contributed by atoms with E-state index in [4.69, 9.17) is 0 Å². The maximum atomic E-state index is 4.43. The molecule has 2 aromatic heterocycles. The van der Waals surface area contributed by atoms with Crippen LogP contribution in [0, 0.1) is 6.92 Å². The molecule has 1 aliphatic heterocycles. The summed E-state index contributed by atoms with van der Waals surface area (Å²) in [5.41, 5.74) is 3.74. The highest BCUT2D eigenvalue weighted by molar-refractivity contribution is 5.83. The zero-order chi connectivity index (χ0) is 17.4. The highest BCUT2D eigenvalue weighted by Gasteiger charge is 2.27. The maximum absolute atomic E-state index is 4.43. The summed E-state index contributed by atoms with van der Waals surface area (Å²) < 4.78 is 2.23. The summed E-state index contributed by atoms with van der Waals surface area (Å²) in [7, 11) is 4.28. The Morgan fingerprint density at radius 1 is 1.24 bits per heavy atom. The van der Waals surface area contributed by atoms with E-state index in [0.29, 0.717) is 6.04 Å². The van der Waals surface area contributed by atoms with E-state index in [2.05, 4.69) is 75.0 Å². The summed E-state index contributed by atoms with van der Waals surface area (Å²) in [5.74, 6) is 1.02. The largest absolute Gasteiger partial charge is 0.355 e. The molecule has 1 unspecified atom stereocenters. The van der Waals surface area contributed by atoms with Gasteiger partial charge in [0.05, 0.1) is 0 Å². The van der Waals surface area contributed by atoms with Gasteiger partial charge >= 0.3 is 0 Å². The number of aromatic nitrogens is 3. The summed E-state index contributed by atoms with van der Waals surface area (Å²) in [6.45, 7) is 5.22. The molecular weight excluding hydrogens is 310 g/mol. The number of rotatable bonds is 4. The average molecular weight is 335 g/mol. The first-order chi connectivity index (χ1) is 12.1. The van der Waals surface area contributed by atoms with Gasteiger partial charge in [0.25, 0.3) is 0 Å². The summed E-state index contributed by atoms with van der Waals surface area (Å²) in [5, 5.41) is 1.37. The quantitative estimate of drug-likeness (QED) is 0.734. The number of fused-ring (bicyclic) bond motifs is 1. The minimum atomic E-state index is 0.504. The number of benzene rings is 1. The molecule has 25 heavy (non-hydrogen) atoms. The molecule has 130 valence electrons. The number of para-hydroxylation sites is 1. The van der Waals surface area contributed by atoms with E-state index in [1.807, 2.05) is 6.92 Å². The second kappa shape index (κ2) is 6.48. The van der Waals surface area contributed by atoms with Crippen LogP contribution in [-0.4, -0.2) is 45.6 Å². The number of aryl methyl sites for hydroxylation is 2. The van der Waals surface area contributed by atoms with Gasteiger partial charge in [-0.1, -0.05) is 18.2 Å². The molecule has 0 amide bonds. The van der Waals surface area contributed by atoms with Crippen LogP contribution < -0.4 is 4.90 Å². The Bertz CT molecular complexity index is 885. The third-order valence-corrected chi connectivity index (χ3v) is 5.32. The number of likely N-dealkylation sites (N-methyl/N-ethyl adjacent to an activating group) is 1. The van der Waals surface area contributed by atoms with E-state index in [1.165, 1.54) is 22.9 Å². The number of hydrogen-bond acceptors (Lipinski definition) is 4. The molecule has 4 rings (SSSR count). The Morgan fingerprint density at radius 2 is 2.08 bits per heavy atom. The second-order valence-electron chi connectivity index (χ2n) is 7.09. The van der Waals surface area contributed by atoms with E-state index in [1.54, 1.807) is 6.33 Å². The predicted molar refractivity (Wildman–Crippen MR) is 102 cm³/mol. The fourth-order valence-corrected chi connectivity index (χ4v) is 3.88. The van der Waals surface area contributed by atoms with E-state index < -0.39 is 0 Å². The third-order valence-electron chi connectivity index (χ3n) is 5.32. The molecule has 5 nitrogen and oxygen atoms in total. The van der Waals surface area contributed by atoms with Gasteiger partial charge in [-0.15, -0.1) is 0 Å². The standard InChI is InChI=1S/C20H25N5/c1-15-10-20(22-14-21-15)24(3)17-8-9-25(13-17)12-16-11-23(2)19-7-5-4-6-18(16)19/h4-7,10-11,14,17H,8-9,12-13H2,1-3H3. The van der Waals surface area contributed by atoms with Crippen molar-refractivity contribution in [2.45, 2.75) is 25.9 Å². The number of likely N-dealkylation sites (tertiary alicyclic amines) is 1. The fraction of sp³-hybridized carbons (Fsp3) is 0.400. The lowest BCUT2D eigenvalue weighted by Gasteiger charge is -2.26. The molecule has 0 bridgehead atoms. The lowest BCUT2D eigenvalue weighted by molar-refractivity contribution is 0.327. The summed E-state index contributed by atoms with van der Waals surface area (Å²) in [6, 6.07) is 11.2. The van der Waals surface area contributed by atoms with Crippen LogP contribution in [0.4, 0.5) is 5.82 Å². The number of hydrogen-bond donors (Lipinski definition) is 0. The van der Waals surface area contributed by atoms with Gasteiger partial charge in [-0.05, 0) is 25.0 Å². The van der Waals surface area contributed by atoms with Crippen molar-refractivity contribution < 1.29 is 0 Å². The minimum Gasteiger partial charge on any atom is -0.355 e. The van der Waals surface area contributed by atoms with Crippen LogP contribution in [0.5, 0.6) is 0 Å². The number of nitrogens with zero attached hydrogens (tertiary/aromatic N) is 5. The topological polar surface area (TPSA) is 37.2 Å². The lowest BCUT2D eigenvalue weighted by atomic mass is 10.1. The fourth-order valence-electron chi connectivity index (χ4n) is 3.88.